The zero-order valence-corrected chi connectivity index (χ0v) is 19.3. The van der Waals surface area contributed by atoms with Crippen molar-refractivity contribution in [2.75, 3.05) is 13.2 Å². The number of imidazole rings is 1. The molecule has 1 aliphatic carbocycles. The fraction of sp³-hybridized carbons (Fsp3) is 0.333. The highest BCUT2D eigenvalue weighted by Crippen LogP contribution is 2.41. The Hall–Kier alpha value is -3.23. The number of aryl methyl sites for hydroxylation is 1. The summed E-state index contributed by atoms with van der Waals surface area (Å²) in [5.74, 6) is 1.80. The Morgan fingerprint density at radius 3 is 2.73 bits per heavy atom. The summed E-state index contributed by atoms with van der Waals surface area (Å²) >= 11 is 6.68. The third-order valence-electron chi connectivity index (χ3n) is 5.66. The molecule has 1 saturated carbocycles. The molecule has 9 heteroatoms. The molecule has 2 N–H and O–H groups in total. The molecule has 0 amide bonds. The van der Waals surface area contributed by atoms with E-state index in [1.54, 1.807) is 12.3 Å². The lowest BCUT2D eigenvalue weighted by atomic mass is 10.2. The van der Waals surface area contributed by atoms with Crippen LogP contribution in [0.5, 0.6) is 11.6 Å². The molecule has 1 aromatic carbocycles. The van der Waals surface area contributed by atoms with Crippen LogP contribution in [0.3, 0.4) is 0 Å². The van der Waals surface area contributed by atoms with Crippen LogP contribution in [0, 0.1) is 6.92 Å². The van der Waals surface area contributed by atoms with Crippen molar-refractivity contribution in [3.05, 3.63) is 59.1 Å². The van der Waals surface area contributed by atoms with Crippen LogP contribution < -0.4 is 15.2 Å². The smallest absolute Gasteiger partial charge is 0.245 e. The Morgan fingerprint density at radius 2 is 2.00 bits per heavy atom. The zero-order valence-electron chi connectivity index (χ0n) is 18.6. The Labute approximate surface area is 196 Å². The SMILES string of the molecule is Cc1ccnc(Cn2c(-c3ccc(OCCN)cc3Cl)nc3c(OC4(C)CC4)ncnc32)c1. The van der Waals surface area contributed by atoms with E-state index in [1.165, 1.54) is 6.33 Å². The van der Waals surface area contributed by atoms with E-state index in [2.05, 4.69) is 21.9 Å². The molecule has 0 saturated heterocycles. The van der Waals surface area contributed by atoms with E-state index in [1.807, 2.05) is 35.8 Å². The fourth-order valence-electron chi connectivity index (χ4n) is 3.65. The molecule has 5 rings (SSSR count). The van der Waals surface area contributed by atoms with Crippen molar-refractivity contribution < 1.29 is 9.47 Å². The monoisotopic (exact) mass is 464 g/mol. The lowest BCUT2D eigenvalue weighted by Gasteiger charge is -2.12. The summed E-state index contributed by atoms with van der Waals surface area (Å²) in [5.41, 5.74) is 9.40. The van der Waals surface area contributed by atoms with Gasteiger partial charge in [-0.2, -0.15) is 4.98 Å². The predicted molar refractivity (Wildman–Crippen MR) is 127 cm³/mol. The molecule has 0 aliphatic heterocycles. The normalized spacial score (nSPS) is 14.4. The third kappa shape index (κ3) is 4.49. The summed E-state index contributed by atoms with van der Waals surface area (Å²) in [6.45, 7) is 5.44. The second-order valence-electron chi connectivity index (χ2n) is 8.53. The minimum atomic E-state index is -0.192. The molecule has 8 nitrogen and oxygen atoms in total. The summed E-state index contributed by atoms with van der Waals surface area (Å²) in [6, 6.07) is 9.55. The first kappa shape index (κ1) is 21.6. The highest BCUT2D eigenvalue weighted by molar-refractivity contribution is 6.33. The Bertz CT molecular complexity index is 1320. The van der Waals surface area contributed by atoms with Crippen LogP contribution in [0.15, 0.2) is 42.9 Å². The molecule has 0 unspecified atom stereocenters. The first-order chi connectivity index (χ1) is 16.0. The largest absolute Gasteiger partial charge is 0.492 e. The zero-order chi connectivity index (χ0) is 23.0. The van der Waals surface area contributed by atoms with E-state index in [0.717, 1.165) is 29.7 Å². The van der Waals surface area contributed by atoms with E-state index < -0.39 is 0 Å². The van der Waals surface area contributed by atoms with Crippen molar-refractivity contribution in [1.29, 1.82) is 0 Å². The molecule has 33 heavy (non-hydrogen) atoms. The van der Waals surface area contributed by atoms with Gasteiger partial charge in [0.25, 0.3) is 0 Å². The first-order valence-corrected chi connectivity index (χ1v) is 11.3. The van der Waals surface area contributed by atoms with E-state index in [4.69, 9.17) is 31.8 Å². The second-order valence-corrected chi connectivity index (χ2v) is 8.94. The highest BCUT2D eigenvalue weighted by atomic mass is 35.5. The summed E-state index contributed by atoms with van der Waals surface area (Å²) in [7, 11) is 0. The van der Waals surface area contributed by atoms with Crippen LogP contribution in [0.1, 0.15) is 31.0 Å². The molecule has 3 heterocycles. The lowest BCUT2D eigenvalue weighted by molar-refractivity contribution is 0.194. The van der Waals surface area contributed by atoms with Crippen LogP contribution in [-0.2, 0) is 6.54 Å². The van der Waals surface area contributed by atoms with Gasteiger partial charge in [0.1, 0.15) is 30.1 Å². The summed E-state index contributed by atoms with van der Waals surface area (Å²) < 4.78 is 13.8. The van der Waals surface area contributed by atoms with Gasteiger partial charge in [0.15, 0.2) is 11.2 Å². The van der Waals surface area contributed by atoms with Gasteiger partial charge in [0.2, 0.25) is 5.88 Å². The molecule has 170 valence electrons. The first-order valence-electron chi connectivity index (χ1n) is 10.9. The summed E-state index contributed by atoms with van der Waals surface area (Å²) in [4.78, 5) is 18.4. The van der Waals surface area contributed by atoms with Crippen molar-refractivity contribution in [3.63, 3.8) is 0 Å². The number of halogens is 1. The van der Waals surface area contributed by atoms with Crippen molar-refractivity contribution in [2.24, 2.45) is 5.73 Å². The topological polar surface area (TPSA) is 101 Å². The van der Waals surface area contributed by atoms with Crippen LogP contribution in [0.2, 0.25) is 5.02 Å². The highest BCUT2D eigenvalue weighted by Gasteiger charge is 2.41. The molecular formula is C24H25ClN6O2. The van der Waals surface area contributed by atoms with Gasteiger partial charge in [0.05, 0.1) is 17.3 Å². The molecule has 0 spiro atoms. The second kappa shape index (κ2) is 8.61. The molecule has 0 atom stereocenters. The van der Waals surface area contributed by atoms with E-state index in [-0.39, 0.29) is 5.60 Å². The van der Waals surface area contributed by atoms with Gasteiger partial charge in [-0.3, -0.25) is 4.98 Å². The fourth-order valence-corrected chi connectivity index (χ4v) is 3.90. The van der Waals surface area contributed by atoms with Gasteiger partial charge in [0, 0.05) is 18.3 Å². The maximum atomic E-state index is 6.68. The average Bonchev–Trinajstić information content (AvgIpc) is 3.41. The lowest BCUT2D eigenvalue weighted by Crippen LogP contribution is -2.13. The molecule has 4 aromatic rings. The Balaban J connectivity index is 1.64. The molecule has 3 aromatic heterocycles. The number of aromatic nitrogens is 5. The van der Waals surface area contributed by atoms with E-state index in [0.29, 0.717) is 53.3 Å². The number of ether oxygens (including phenoxy) is 2. The van der Waals surface area contributed by atoms with Gasteiger partial charge in [-0.25, -0.2) is 9.97 Å². The number of hydrogen-bond acceptors (Lipinski definition) is 7. The molecule has 0 bridgehead atoms. The van der Waals surface area contributed by atoms with Gasteiger partial charge in [-0.05, 0) is 62.6 Å². The van der Waals surface area contributed by atoms with Gasteiger partial charge < -0.3 is 19.8 Å². The molecule has 1 fully saturated rings. The maximum Gasteiger partial charge on any atom is 0.245 e. The minimum Gasteiger partial charge on any atom is -0.492 e. The quantitative estimate of drug-likeness (QED) is 0.417. The van der Waals surface area contributed by atoms with Crippen LogP contribution in [-0.4, -0.2) is 43.3 Å². The van der Waals surface area contributed by atoms with E-state index in [9.17, 15) is 0 Å². The van der Waals surface area contributed by atoms with Crippen molar-refractivity contribution in [1.82, 2.24) is 24.5 Å². The molecule has 1 aliphatic rings. The number of nitrogens with two attached hydrogens (primary N) is 1. The third-order valence-corrected chi connectivity index (χ3v) is 5.97. The standard InChI is InChI=1S/C24H25ClN6O2/c1-15-5-9-27-16(11-15)13-31-21(18-4-3-17(12-19(18)25)32-10-8-26)30-20-22(31)28-14-29-23(20)33-24(2)6-7-24/h3-5,9,11-12,14H,6-8,10,13,26H2,1-2H3. The summed E-state index contributed by atoms with van der Waals surface area (Å²) in [5, 5.41) is 0.517. The van der Waals surface area contributed by atoms with Gasteiger partial charge >= 0.3 is 0 Å². The Morgan fingerprint density at radius 1 is 1.15 bits per heavy atom. The van der Waals surface area contributed by atoms with Crippen LogP contribution >= 0.6 is 11.6 Å². The van der Waals surface area contributed by atoms with Crippen LogP contribution in [0.25, 0.3) is 22.6 Å². The number of rotatable bonds is 8. The number of fused-ring (bicyclic) bond motifs is 1. The predicted octanol–water partition coefficient (Wildman–Crippen LogP) is 4.17. The molecule has 0 radical (unpaired) electrons. The Kier molecular flexibility index (Phi) is 5.64. The minimum absolute atomic E-state index is 0.192. The van der Waals surface area contributed by atoms with Crippen molar-refractivity contribution in [2.45, 2.75) is 38.8 Å². The number of benzene rings is 1. The van der Waals surface area contributed by atoms with Crippen molar-refractivity contribution >= 4 is 22.8 Å². The molecular weight excluding hydrogens is 440 g/mol. The van der Waals surface area contributed by atoms with Crippen LogP contribution in [0.4, 0.5) is 0 Å². The summed E-state index contributed by atoms with van der Waals surface area (Å²) in [6.07, 6.45) is 5.31. The number of hydrogen-bond donors (Lipinski definition) is 1. The average molecular weight is 465 g/mol. The van der Waals surface area contributed by atoms with E-state index >= 15 is 0 Å². The number of nitrogens with zero attached hydrogens (tertiary/aromatic N) is 5. The van der Waals surface area contributed by atoms with Gasteiger partial charge in [-0.15, -0.1) is 0 Å². The number of pyridine rings is 1. The van der Waals surface area contributed by atoms with Gasteiger partial charge in [-0.1, -0.05) is 11.6 Å². The van der Waals surface area contributed by atoms with Crippen molar-refractivity contribution in [3.8, 4) is 23.0 Å². The maximum absolute atomic E-state index is 6.68.